The van der Waals surface area contributed by atoms with Gasteiger partial charge in [0.1, 0.15) is 5.82 Å². The number of allylic oxidation sites excluding steroid dienone is 1. The van der Waals surface area contributed by atoms with Crippen molar-refractivity contribution in [2.75, 3.05) is 13.1 Å². The van der Waals surface area contributed by atoms with Gasteiger partial charge in [-0.15, -0.1) is 0 Å². The Morgan fingerprint density at radius 3 is 2.69 bits per heavy atom. The number of hydrogen-bond acceptors (Lipinski definition) is 3. The molecule has 1 fully saturated rings. The van der Waals surface area contributed by atoms with E-state index in [2.05, 4.69) is 31.9 Å². The average Bonchev–Trinajstić information content (AvgIpc) is 2.65. The summed E-state index contributed by atoms with van der Waals surface area (Å²) in [7, 11) is 0. The molecule has 0 unspecified atom stereocenters. The van der Waals surface area contributed by atoms with Crippen molar-refractivity contribution in [1.29, 1.82) is 0 Å². The summed E-state index contributed by atoms with van der Waals surface area (Å²) in [6.07, 6.45) is 13.9. The first-order valence-electron chi connectivity index (χ1n) is 10.8. The summed E-state index contributed by atoms with van der Waals surface area (Å²) in [5.41, 5.74) is 6.38. The molecule has 4 rings (SSSR count). The molecule has 3 aliphatic rings. The second-order valence-corrected chi connectivity index (χ2v) is 9.49. The first-order valence-corrected chi connectivity index (χ1v) is 10.8. The third-order valence-corrected chi connectivity index (χ3v) is 7.07. The van der Waals surface area contributed by atoms with Gasteiger partial charge >= 0.3 is 0 Å². The lowest BCUT2D eigenvalue weighted by Crippen LogP contribution is -2.37. The molecule has 0 atom stereocenters. The van der Waals surface area contributed by atoms with E-state index in [1.54, 1.807) is 11.1 Å². The third kappa shape index (κ3) is 3.74. The van der Waals surface area contributed by atoms with Crippen LogP contribution in [-0.2, 0) is 13.0 Å². The highest BCUT2D eigenvalue weighted by molar-refractivity contribution is 5.26. The van der Waals surface area contributed by atoms with E-state index in [1.165, 1.54) is 62.6 Å². The molecule has 1 saturated carbocycles. The summed E-state index contributed by atoms with van der Waals surface area (Å²) in [5.74, 6) is 1.74. The van der Waals surface area contributed by atoms with Crippen LogP contribution in [0.5, 0.6) is 0 Å². The van der Waals surface area contributed by atoms with Crippen LogP contribution in [0.3, 0.4) is 0 Å². The van der Waals surface area contributed by atoms with Crippen molar-refractivity contribution in [1.82, 2.24) is 14.9 Å². The SMILES string of the molecule is CC1=C(CN2CCc3nc(C4CCCCC4)ncc3C2)C(C)(C)CCC1. The van der Waals surface area contributed by atoms with Gasteiger partial charge in [0.25, 0.3) is 0 Å². The van der Waals surface area contributed by atoms with Crippen LogP contribution in [0.15, 0.2) is 17.3 Å². The molecule has 26 heavy (non-hydrogen) atoms. The second-order valence-electron chi connectivity index (χ2n) is 9.49. The fourth-order valence-corrected chi connectivity index (χ4v) is 5.33. The van der Waals surface area contributed by atoms with Gasteiger partial charge in [0, 0.05) is 49.4 Å². The Balaban J connectivity index is 1.46. The highest BCUT2D eigenvalue weighted by Crippen LogP contribution is 2.41. The fourth-order valence-electron chi connectivity index (χ4n) is 5.33. The molecule has 0 saturated heterocycles. The van der Waals surface area contributed by atoms with Crippen molar-refractivity contribution in [3.63, 3.8) is 0 Å². The molecule has 0 aromatic carbocycles. The summed E-state index contributed by atoms with van der Waals surface area (Å²) < 4.78 is 0. The van der Waals surface area contributed by atoms with E-state index >= 15 is 0 Å². The molecular formula is C23H35N3. The molecule has 3 nitrogen and oxygen atoms in total. The standard InChI is InChI=1S/C23H35N3/c1-17-8-7-12-23(2,3)20(17)16-26-13-11-21-19(15-26)14-24-22(25-21)18-9-5-4-6-10-18/h14,18H,4-13,15-16H2,1-3H3. The van der Waals surface area contributed by atoms with Crippen molar-refractivity contribution >= 4 is 0 Å². The maximum atomic E-state index is 5.01. The van der Waals surface area contributed by atoms with Crippen LogP contribution >= 0.6 is 0 Å². The summed E-state index contributed by atoms with van der Waals surface area (Å²) in [5, 5.41) is 0. The average molecular weight is 354 g/mol. The minimum atomic E-state index is 0.365. The minimum Gasteiger partial charge on any atom is -0.295 e. The molecule has 0 amide bonds. The molecule has 0 N–H and O–H groups in total. The maximum Gasteiger partial charge on any atom is 0.131 e. The van der Waals surface area contributed by atoms with Gasteiger partial charge in [-0.1, -0.05) is 44.3 Å². The van der Waals surface area contributed by atoms with E-state index in [9.17, 15) is 0 Å². The van der Waals surface area contributed by atoms with Gasteiger partial charge in [-0.25, -0.2) is 9.97 Å². The zero-order chi connectivity index (χ0) is 18.1. The van der Waals surface area contributed by atoms with Gasteiger partial charge in [-0.05, 0) is 44.4 Å². The molecule has 3 heteroatoms. The quantitative estimate of drug-likeness (QED) is 0.680. The smallest absolute Gasteiger partial charge is 0.131 e. The monoisotopic (exact) mass is 353 g/mol. The number of fused-ring (bicyclic) bond motifs is 1. The van der Waals surface area contributed by atoms with Crippen LogP contribution in [0, 0.1) is 5.41 Å². The van der Waals surface area contributed by atoms with Gasteiger partial charge in [-0.3, -0.25) is 4.90 Å². The molecule has 1 aromatic rings. The molecule has 142 valence electrons. The zero-order valence-corrected chi connectivity index (χ0v) is 17.0. The number of rotatable bonds is 3. The number of aromatic nitrogens is 2. The lowest BCUT2D eigenvalue weighted by atomic mass is 9.72. The van der Waals surface area contributed by atoms with Crippen molar-refractivity contribution < 1.29 is 0 Å². The van der Waals surface area contributed by atoms with Crippen LogP contribution < -0.4 is 0 Å². The van der Waals surface area contributed by atoms with Crippen LogP contribution in [-0.4, -0.2) is 28.0 Å². The highest BCUT2D eigenvalue weighted by atomic mass is 15.1. The molecule has 1 aliphatic heterocycles. The predicted molar refractivity (Wildman–Crippen MR) is 107 cm³/mol. The molecule has 0 spiro atoms. The van der Waals surface area contributed by atoms with Gasteiger partial charge in [0.15, 0.2) is 0 Å². The van der Waals surface area contributed by atoms with E-state index in [0.717, 1.165) is 31.9 Å². The topological polar surface area (TPSA) is 29.0 Å². The first-order chi connectivity index (χ1) is 12.5. The van der Waals surface area contributed by atoms with E-state index in [0.29, 0.717) is 11.3 Å². The molecule has 0 radical (unpaired) electrons. The Morgan fingerprint density at radius 1 is 1.12 bits per heavy atom. The van der Waals surface area contributed by atoms with Gasteiger partial charge in [-0.2, -0.15) is 0 Å². The largest absolute Gasteiger partial charge is 0.295 e. The lowest BCUT2D eigenvalue weighted by Gasteiger charge is -2.38. The minimum absolute atomic E-state index is 0.365. The first kappa shape index (κ1) is 18.2. The van der Waals surface area contributed by atoms with Crippen molar-refractivity contribution in [2.24, 2.45) is 5.41 Å². The Morgan fingerprint density at radius 2 is 1.92 bits per heavy atom. The van der Waals surface area contributed by atoms with Crippen LogP contribution in [0.25, 0.3) is 0 Å². The molecule has 0 bridgehead atoms. The van der Waals surface area contributed by atoms with Crippen LogP contribution in [0.1, 0.15) is 95.1 Å². The van der Waals surface area contributed by atoms with Crippen LogP contribution in [0.2, 0.25) is 0 Å². The van der Waals surface area contributed by atoms with Crippen molar-refractivity contribution in [2.45, 2.75) is 91.0 Å². The van der Waals surface area contributed by atoms with Crippen molar-refractivity contribution in [3.8, 4) is 0 Å². The molecular weight excluding hydrogens is 318 g/mol. The van der Waals surface area contributed by atoms with E-state index in [-0.39, 0.29) is 0 Å². The molecule has 2 aliphatic carbocycles. The predicted octanol–water partition coefficient (Wildman–Crippen LogP) is 5.41. The van der Waals surface area contributed by atoms with Gasteiger partial charge in [0.2, 0.25) is 0 Å². The van der Waals surface area contributed by atoms with E-state index in [1.807, 2.05) is 0 Å². The highest BCUT2D eigenvalue weighted by Gasteiger charge is 2.30. The summed E-state index contributed by atoms with van der Waals surface area (Å²) in [6.45, 7) is 10.5. The number of hydrogen-bond donors (Lipinski definition) is 0. The summed E-state index contributed by atoms with van der Waals surface area (Å²) in [6, 6.07) is 0. The van der Waals surface area contributed by atoms with Crippen LogP contribution in [0.4, 0.5) is 0 Å². The lowest BCUT2D eigenvalue weighted by molar-refractivity contribution is 0.238. The Kier molecular flexibility index (Phi) is 5.18. The summed E-state index contributed by atoms with van der Waals surface area (Å²) >= 11 is 0. The van der Waals surface area contributed by atoms with Gasteiger partial charge < -0.3 is 0 Å². The Bertz CT molecular complexity index is 683. The Labute approximate surface area is 159 Å². The maximum absolute atomic E-state index is 5.01. The Hall–Kier alpha value is -1.22. The fraction of sp³-hybridized carbons (Fsp3) is 0.739. The van der Waals surface area contributed by atoms with Gasteiger partial charge in [0.05, 0.1) is 0 Å². The normalized spacial score (nSPS) is 24.6. The second kappa shape index (κ2) is 7.42. The summed E-state index contributed by atoms with van der Waals surface area (Å²) in [4.78, 5) is 12.4. The zero-order valence-electron chi connectivity index (χ0n) is 17.0. The third-order valence-electron chi connectivity index (χ3n) is 7.07. The van der Waals surface area contributed by atoms with E-state index in [4.69, 9.17) is 9.97 Å². The van der Waals surface area contributed by atoms with Crippen molar-refractivity contribution in [3.05, 3.63) is 34.4 Å². The molecule has 1 aromatic heterocycles. The van der Waals surface area contributed by atoms with E-state index < -0.39 is 0 Å². The molecule has 2 heterocycles. The number of nitrogens with zero attached hydrogens (tertiary/aromatic N) is 3.